The lowest BCUT2D eigenvalue weighted by molar-refractivity contribution is -0.141. The first-order chi connectivity index (χ1) is 24.5. The number of aromatic amines is 1. The highest BCUT2D eigenvalue weighted by atomic mass is 16.6. The van der Waals surface area contributed by atoms with E-state index in [9.17, 15) is 19.6 Å². The van der Waals surface area contributed by atoms with E-state index < -0.39 is 11.5 Å². The number of fused-ring (bicyclic) bond motifs is 1. The molecule has 1 saturated carbocycles. The number of amides is 3. The zero-order chi connectivity index (χ0) is 36.1. The van der Waals surface area contributed by atoms with E-state index in [4.69, 9.17) is 9.47 Å². The Hall–Kier alpha value is -4.70. The number of benzene rings is 1. The number of aromatic nitrogens is 3. The van der Waals surface area contributed by atoms with Crippen LogP contribution in [0, 0.1) is 17.2 Å². The number of rotatable bonds is 7. The molecule has 4 heterocycles. The second-order valence-corrected chi connectivity index (χ2v) is 15.0. The van der Waals surface area contributed by atoms with Crippen molar-refractivity contribution < 1.29 is 23.9 Å². The number of piperazine rings is 1. The van der Waals surface area contributed by atoms with Crippen molar-refractivity contribution in [3.05, 3.63) is 53.3 Å². The van der Waals surface area contributed by atoms with Crippen molar-refractivity contribution in [2.45, 2.75) is 90.3 Å². The number of carbonyl (C=O) groups is 3. The Morgan fingerprint density at radius 3 is 2.41 bits per heavy atom. The smallest absolute Gasteiger partial charge is 0.410 e. The van der Waals surface area contributed by atoms with Gasteiger partial charge >= 0.3 is 6.09 Å². The molecule has 0 spiro atoms. The maximum atomic E-state index is 13.8. The molecule has 2 aliphatic heterocycles. The summed E-state index contributed by atoms with van der Waals surface area (Å²) >= 11 is 0. The highest BCUT2D eigenvalue weighted by Gasteiger charge is 2.37. The minimum atomic E-state index is -0.573. The third-order valence-corrected chi connectivity index (χ3v) is 10.1. The van der Waals surface area contributed by atoms with Gasteiger partial charge in [-0.15, -0.1) is 0 Å². The topological polar surface area (TPSA) is 149 Å². The van der Waals surface area contributed by atoms with Gasteiger partial charge in [0.25, 0.3) is 5.91 Å². The molecule has 3 fully saturated rings. The average Bonchev–Trinajstić information content (AvgIpc) is 3.48. The van der Waals surface area contributed by atoms with E-state index in [0.717, 1.165) is 43.5 Å². The number of hydrogen-bond donors (Lipinski definition) is 1. The van der Waals surface area contributed by atoms with Crippen LogP contribution in [0.25, 0.3) is 11.0 Å². The highest BCUT2D eigenvalue weighted by molar-refractivity contribution is 5.95. The van der Waals surface area contributed by atoms with Crippen LogP contribution in [0.5, 0.6) is 5.88 Å². The summed E-state index contributed by atoms with van der Waals surface area (Å²) in [6, 6.07) is 10.3. The summed E-state index contributed by atoms with van der Waals surface area (Å²) in [4.78, 5) is 58.2. The standard InChI is InChI=1S/C38H50N8O5/c1-26-25-44(37(49)51-38(2,3)4)18-19-45(26)35(48)29-12-14-30(15-13-29)46-32-22-33(50-21-20-43-16-6-5-7-17-43)40-24-31(32)41-36(46)42-34(47)28-10-8-27(23-39)9-11-28/h8-11,22,24,26,29-30H,5-7,12-21,25H2,1-4H3,(H,41,42,47). The molecule has 272 valence electrons. The summed E-state index contributed by atoms with van der Waals surface area (Å²) in [5, 5.41) is 9.18. The second-order valence-electron chi connectivity index (χ2n) is 15.0. The van der Waals surface area contributed by atoms with Crippen molar-refractivity contribution in [3.8, 4) is 11.9 Å². The molecule has 6 rings (SSSR count). The lowest BCUT2D eigenvalue weighted by Gasteiger charge is -2.42. The minimum absolute atomic E-state index is 0.0136. The van der Waals surface area contributed by atoms with E-state index in [-0.39, 0.29) is 30.0 Å². The van der Waals surface area contributed by atoms with Gasteiger partial charge in [0.15, 0.2) is 0 Å². The predicted molar refractivity (Wildman–Crippen MR) is 191 cm³/mol. The summed E-state index contributed by atoms with van der Waals surface area (Å²) in [6.07, 6.45) is 7.93. The number of imidazole rings is 1. The number of likely N-dealkylation sites (tertiary alicyclic amines) is 1. The molecule has 51 heavy (non-hydrogen) atoms. The number of H-pyrrole nitrogens is 1. The van der Waals surface area contributed by atoms with Crippen molar-refractivity contribution in [2.75, 3.05) is 45.9 Å². The summed E-state index contributed by atoms with van der Waals surface area (Å²) in [5.74, 6) is 0.0940. The molecule has 2 aromatic heterocycles. The molecule has 1 atom stereocenters. The number of nitrogens with one attached hydrogen (secondary N) is 1. The van der Waals surface area contributed by atoms with E-state index >= 15 is 0 Å². The van der Waals surface area contributed by atoms with Gasteiger partial charge in [-0.3, -0.25) is 14.5 Å². The molecule has 1 aliphatic carbocycles. The molecule has 0 radical (unpaired) electrons. The summed E-state index contributed by atoms with van der Waals surface area (Å²) in [5.41, 5.74) is 2.27. The van der Waals surface area contributed by atoms with Gasteiger partial charge < -0.3 is 28.8 Å². The fourth-order valence-corrected chi connectivity index (χ4v) is 7.45. The zero-order valence-corrected chi connectivity index (χ0v) is 30.3. The van der Waals surface area contributed by atoms with Crippen molar-refractivity contribution in [2.24, 2.45) is 10.9 Å². The van der Waals surface area contributed by atoms with Gasteiger partial charge in [0.2, 0.25) is 17.4 Å². The summed E-state index contributed by atoms with van der Waals surface area (Å²) in [7, 11) is 0. The number of nitrogens with zero attached hydrogens (tertiary/aromatic N) is 7. The van der Waals surface area contributed by atoms with Gasteiger partial charge in [-0.2, -0.15) is 10.3 Å². The molecule has 13 nitrogen and oxygen atoms in total. The summed E-state index contributed by atoms with van der Waals surface area (Å²) in [6.45, 7) is 12.5. The molecule has 3 aromatic rings. The fraction of sp³-hybridized carbons (Fsp3) is 0.579. The van der Waals surface area contributed by atoms with Crippen molar-refractivity contribution in [1.82, 2.24) is 29.2 Å². The molecule has 3 aliphatic rings. The molecule has 3 amide bonds. The Labute approximate surface area is 299 Å². The largest absolute Gasteiger partial charge is 0.476 e. The number of hydrogen-bond acceptors (Lipinski definition) is 8. The fourth-order valence-electron chi connectivity index (χ4n) is 7.45. The first-order valence-corrected chi connectivity index (χ1v) is 18.3. The quantitative estimate of drug-likeness (QED) is 0.361. The van der Waals surface area contributed by atoms with Crippen LogP contribution in [0.2, 0.25) is 0 Å². The normalized spacial score (nSPS) is 22.1. The van der Waals surface area contributed by atoms with E-state index in [2.05, 4.69) is 30.5 Å². The zero-order valence-electron chi connectivity index (χ0n) is 30.3. The first kappa shape index (κ1) is 36.1. The molecule has 1 aromatic carbocycles. The van der Waals surface area contributed by atoms with Crippen LogP contribution in [-0.4, -0.2) is 105 Å². The van der Waals surface area contributed by atoms with E-state index in [1.54, 1.807) is 35.4 Å². The Morgan fingerprint density at radius 2 is 1.75 bits per heavy atom. The Bertz CT molecular complexity index is 1820. The number of ether oxygens (including phenoxy) is 2. The molecule has 1 N–H and O–H groups in total. The van der Waals surface area contributed by atoms with E-state index in [1.165, 1.54) is 19.3 Å². The van der Waals surface area contributed by atoms with Crippen LogP contribution >= 0.6 is 0 Å². The molecule has 1 unspecified atom stereocenters. The van der Waals surface area contributed by atoms with Gasteiger partial charge in [-0.05, 0) is 104 Å². The number of carbonyl (C=O) groups excluding carboxylic acids is 3. The van der Waals surface area contributed by atoms with Crippen LogP contribution in [-0.2, 0) is 9.53 Å². The first-order valence-electron chi connectivity index (χ1n) is 18.3. The Balaban J connectivity index is 1.18. The summed E-state index contributed by atoms with van der Waals surface area (Å²) < 4.78 is 13.8. The van der Waals surface area contributed by atoms with Crippen LogP contribution in [0.1, 0.15) is 94.6 Å². The highest BCUT2D eigenvalue weighted by Crippen LogP contribution is 2.35. The van der Waals surface area contributed by atoms with Gasteiger partial charge in [0, 0.05) is 55.8 Å². The number of pyridine rings is 1. The minimum Gasteiger partial charge on any atom is -0.476 e. The third-order valence-electron chi connectivity index (χ3n) is 10.1. The average molecular weight is 699 g/mol. The van der Waals surface area contributed by atoms with Crippen LogP contribution < -0.4 is 10.4 Å². The molecule has 13 heteroatoms. The predicted octanol–water partition coefficient (Wildman–Crippen LogP) is 5.04. The van der Waals surface area contributed by atoms with Crippen molar-refractivity contribution in [1.29, 1.82) is 5.26 Å². The van der Waals surface area contributed by atoms with Crippen molar-refractivity contribution in [3.63, 3.8) is 0 Å². The SMILES string of the molecule is CC1CN(C(=O)OC(C)(C)C)CCN1C(=O)C1CCC(n2/c(=N\C(=O)c3ccc(C#N)cc3)[nH]c3cnc(OCCN4CCCCC4)cc32)CC1. The number of piperidine rings is 1. The lowest BCUT2D eigenvalue weighted by atomic mass is 9.84. The molecule has 2 saturated heterocycles. The molecule has 0 bridgehead atoms. The van der Waals surface area contributed by atoms with Crippen LogP contribution in [0.15, 0.2) is 41.5 Å². The number of nitriles is 1. The van der Waals surface area contributed by atoms with Gasteiger partial charge in [0.1, 0.15) is 12.2 Å². The van der Waals surface area contributed by atoms with E-state index in [1.807, 2.05) is 38.7 Å². The molecular formula is C38H50N8O5. The third kappa shape index (κ3) is 8.79. The Morgan fingerprint density at radius 1 is 1.02 bits per heavy atom. The second kappa shape index (κ2) is 15.7. The van der Waals surface area contributed by atoms with E-state index in [0.29, 0.717) is 61.7 Å². The van der Waals surface area contributed by atoms with Gasteiger partial charge in [-0.25, -0.2) is 9.78 Å². The lowest BCUT2D eigenvalue weighted by Crippen LogP contribution is -2.57. The monoisotopic (exact) mass is 698 g/mol. The Kier molecular flexibility index (Phi) is 11.1. The van der Waals surface area contributed by atoms with Crippen LogP contribution in [0.3, 0.4) is 0 Å². The van der Waals surface area contributed by atoms with Gasteiger partial charge in [-0.1, -0.05) is 6.42 Å². The van der Waals surface area contributed by atoms with Gasteiger partial charge in [0.05, 0.1) is 28.9 Å². The molecular weight excluding hydrogens is 648 g/mol. The maximum absolute atomic E-state index is 13.8. The van der Waals surface area contributed by atoms with Crippen molar-refractivity contribution >= 4 is 28.9 Å². The van der Waals surface area contributed by atoms with Crippen LogP contribution in [0.4, 0.5) is 4.79 Å². The maximum Gasteiger partial charge on any atom is 0.410 e.